The number of aliphatic hydroxyl groups is 1. The summed E-state index contributed by atoms with van der Waals surface area (Å²) in [4.78, 5) is 15.8. The first-order chi connectivity index (χ1) is 15.2. The Hall–Kier alpha value is -3.50. The summed E-state index contributed by atoms with van der Waals surface area (Å²) in [7, 11) is 0. The Balaban J connectivity index is 1.47. The predicted molar refractivity (Wildman–Crippen MR) is 119 cm³/mol. The van der Waals surface area contributed by atoms with Crippen molar-refractivity contribution in [2.45, 2.75) is 37.7 Å². The van der Waals surface area contributed by atoms with Gasteiger partial charge in [-0.2, -0.15) is 5.26 Å². The number of aliphatic hydroxyl groups excluding tert-OH is 1. The summed E-state index contributed by atoms with van der Waals surface area (Å²) in [5.74, 6) is 1.87. The lowest BCUT2D eigenvalue weighted by Crippen LogP contribution is -2.38. The van der Waals surface area contributed by atoms with E-state index in [9.17, 15) is 5.11 Å². The molecule has 1 saturated heterocycles. The molecule has 2 N–H and O–H groups in total. The molecule has 1 saturated carbocycles. The van der Waals surface area contributed by atoms with Gasteiger partial charge in [0.25, 0.3) is 0 Å². The minimum atomic E-state index is -0.291. The summed E-state index contributed by atoms with van der Waals surface area (Å²) in [5, 5.41) is 22.4. The molecule has 0 amide bonds. The molecule has 7 heteroatoms. The lowest BCUT2D eigenvalue weighted by molar-refractivity contribution is 0.154. The summed E-state index contributed by atoms with van der Waals surface area (Å²) < 4.78 is 0. The van der Waals surface area contributed by atoms with Gasteiger partial charge in [-0.1, -0.05) is 0 Å². The Kier molecular flexibility index (Phi) is 5.23. The zero-order valence-electron chi connectivity index (χ0n) is 17.2. The number of nitriles is 1. The zero-order chi connectivity index (χ0) is 21.2. The molecule has 1 atom stereocenters. The van der Waals surface area contributed by atoms with Crippen molar-refractivity contribution in [2.75, 3.05) is 23.3 Å². The maximum absolute atomic E-state index is 10.0. The van der Waals surface area contributed by atoms with Gasteiger partial charge in [-0.05, 0) is 67.5 Å². The third kappa shape index (κ3) is 4.49. The number of β-amino-alcohol motifs (C(OH)–C–C–N with tert-alkyl or cyclic N) is 1. The van der Waals surface area contributed by atoms with Crippen molar-refractivity contribution >= 4 is 17.3 Å². The van der Waals surface area contributed by atoms with Gasteiger partial charge in [-0.25, -0.2) is 9.97 Å². The number of rotatable bonds is 5. The first-order valence-corrected chi connectivity index (χ1v) is 10.7. The van der Waals surface area contributed by atoms with Crippen molar-refractivity contribution in [3.63, 3.8) is 0 Å². The summed E-state index contributed by atoms with van der Waals surface area (Å²) in [6.07, 6.45) is 9.22. The molecule has 0 radical (unpaired) electrons. The van der Waals surface area contributed by atoms with E-state index in [2.05, 4.69) is 44.5 Å². The average molecular weight is 412 g/mol. The second-order valence-corrected chi connectivity index (χ2v) is 8.29. The molecule has 5 rings (SSSR count). The molecular weight excluding hydrogens is 388 g/mol. The molecule has 0 bridgehead atoms. The molecule has 7 nitrogen and oxygen atoms in total. The van der Waals surface area contributed by atoms with E-state index in [0.29, 0.717) is 29.7 Å². The Bertz CT molecular complexity index is 1140. The number of piperidine rings is 1. The van der Waals surface area contributed by atoms with Gasteiger partial charge in [-0.3, -0.25) is 4.98 Å². The van der Waals surface area contributed by atoms with Crippen LogP contribution in [0.1, 0.15) is 42.7 Å². The van der Waals surface area contributed by atoms with E-state index in [1.807, 2.05) is 12.4 Å². The van der Waals surface area contributed by atoms with Crippen molar-refractivity contribution in [3.05, 3.63) is 60.0 Å². The number of pyridine rings is 3. The number of hydrogen-bond donors (Lipinski definition) is 2. The molecule has 1 aliphatic heterocycles. The maximum Gasteiger partial charge on any atom is 0.132 e. The van der Waals surface area contributed by atoms with Crippen LogP contribution < -0.4 is 10.2 Å². The molecule has 1 unspecified atom stereocenters. The van der Waals surface area contributed by atoms with Crippen LogP contribution in [0.5, 0.6) is 0 Å². The number of anilines is 3. The molecule has 2 aliphatic rings. The van der Waals surface area contributed by atoms with Crippen LogP contribution in [-0.2, 0) is 0 Å². The number of nitrogens with zero attached hydrogens (tertiary/aromatic N) is 5. The van der Waals surface area contributed by atoms with E-state index in [1.54, 1.807) is 18.3 Å². The quantitative estimate of drug-likeness (QED) is 0.654. The standard InChI is InChI=1S/C24H24N6O/c25-12-16-5-6-27-23(8-16)29-24-11-18(17-3-4-17)10-22(28-24)19-9-20(14-26-13-19)30-7-1-2-21(31)15-30/h5-6,8-11,13-14,17,21,31H,1-4,7,15H2,(H,27,28,29). The molecular formula is C24H24N6O. The highest BCUT2D eigenvalue weighted by atomic mass is 16.3. The molecule has 2 fully saturated rings. The molecule has 4 heterocycles. The third-order valence-electron chi connectivity index (χ3n) is 5.82. The van der Waals surface area contributed by atoms with Gasteiger partial charge in [0.05, 0.1) is 35.3 Å². The second kappa shape index (κ2) is 8.32. The van der Waals surface area contributed by atoms with E-state index in [1.165, 1.54) is 18.4 Å². The first kappa shape index (κ1) is 19.5. The largest absolute Gasteiger partial charge is 0.391 e. The van der Waals surface area contributed by atoms with Gasteiger partial charge in [0.2, 0.25) is 0 Å². The van der Waals surface area contributed by atoms with Gasteiger partial charge in [0.1, 0.15) is 11.6 Å². The van der Waals surface area contributed by atoms with Crippen molar-refractivity contribution in [2.24, 2.45) is 0 Å². The average Bonchev–Trinajstić information content (AvgIpc) is 3.65. The molecule has 0 spiro atoms. The highest BCUT2D eigenvalue weighted by Crippen LogP contribution is 2.42. The molecule has 0 aromatic carbocycles. The zero-order valence-corrected chi connectivity index (χ0v) is 17.2. The van der Waals surface area contributed by atoms with Crippen LogP contribution in [0.25, 0.3) is 11.3 Å². The van der Waals surface area contributed by atoms with Gasteiger partial charge in [-0.15, -0.1) is 0 Å². The molecule has 3 aromatic rings. The number of nitrogens with one attached hydrogen (secondary N) is 1. The highest BCUT2D eigenvalue weighted by molar-refractivity contribution is 5.68. The fourth-order valence-electron chi connectivity index (χ4n) is 4.05. The van der Waals surface area contributed by atoms with Crippen LogP contribution in [-0.4, -0.2) is 39.3 Å². The van der Waals surface area contributed by atoms with Crippen molar-refractivity contribution in [1.29, 1.82) is 5.26 Å². The molecule has 3 aromatic heterocycles. The van der Waals surface area contributed by atoms with Gasteiger partial charge in [0.15, 0.2) is 0 Å². The van der Waals surface area contributed by atoms with E-state index >= 15 is 0 Å². The smallest absolute Gasteiger partial charge is 0.132 e. The van der Waals surface area contributed by atoms with Crippen LogP contribution in [0.3, 0.4) is 0 Å². The fourth-order valence-corrected chi connectivity index (χ4v) is 4.05. The first-order valence-electron chi connectivity index (χ1n) is 10.7. The van der Waals surface area contributed by atoms with Gasteiger partial charge < -0.3 is 15.3 Å². The third-order valence-corrected chi connectivity index (χ3v) is 5.82. The van der Waals surface area contributed by atoms with Crippen LogP contribution in [0, 0.1) is 11.3 Å². The van der Waals surface area contributed by atoms with Gasteiger partial charge >= 0.3 is 0 Å². The Morgan fingerprint density at radius 2 is 2.00 bits per heavy atom. The number of aromatic nitrogens is 3. The lowest BCUT2D eigenvalue weighted by Gasteiger charge is -2.31. The minimum absolute atomic E-state index is 0.291. The summed E-state index contributed by atoms with van der Waals surface area (Å²) in [6.45, 7) is 1.56. The SMILES string of the molecule is N#Cc1ccnc(Nc2cc(C3CC3)cc(-c3cncc(N4CCCC(O)C4)c3)n2)c1. The minimum Gasteiger partial charge on any atom is -0.391 e. The Labute approximate surface area is 181 Å². The monoisotopic (exact) mass is 412 g/mol. The fraction of sp³-hybridized carbons (Fsp3) is 0.333. The van der Waals surface area contributed by atoms with Crippen LogP contribution in [0.4, 0.5) is 17.3 Å². The Morgan fingerprint density at radius 1 is 1.10 bits per heavy atom. The van der Waals surface area contributed by atoms with E-state index in [-0.39, 0.29) is 6.10 Å². The molecule has 156 valence electrons. The van der Waals surface area contributed by atoms with Crippen LogP contribution >= 0.6 is 0 Å². The lowest BCUT2D eigenvalue weighted by atomic mass is 10.1. The summed E-state index contributed by atoms with van der Waals surface area (Å²) in [6, 6.07) is 11.9. The molecule has 1 aliphatic carbocycles. The van der Waals surface area contributed by atoms with Crippen LogP contribution in [0.15, 0.2) is 48.9 Å². The van der Waals surface area contributed by atoms with E-state index < -0.39 is 0 Å². The summed E-state index contributed by atoms with van der Waals surface area (Å²) in [5.41, 5.74) is 4.62. The summed E-state index contributed by atoms with van der Waals surface area (Å²) >= 11 is 0. The highest BCUT2D eigenvalue weighted by Gasteiger charge is 2.25. The maximum atomic E-state index is 10.0. The normalized spacial score (nSPS) is 18.5. The predicted octanol–water partition coefficient (Wildman–Crippen LogP) is 3.99. The van der Waals surface area contributed by atoms with Crippen LogP contribution in [0.2, 0.25) is 0 Å². The van der Waals surface area contributed by atoms with Gasteiger partial charge in [0, 0.05) is 31.0 Å². The van der Waals surface area contributed by atoms with Crippen molar-refractivity contribution in [1.82, 2.24) is 15.0 Å². The second-order valence-electron chi connectivity index (χ2n) is 8.29. The van der Waals surface area contributed by atoms with Crippen molar-refractivity contribution in [3.8, 4) is 17.3 Å². The topological polar surface area (TPSA) is 98.0 Å². The van der Waals surface area contributed by atoms with Crippen molar-refractivity contribution < 1.29 is 5.11 Å². The number of hydrogen-bond acceptors (Lipinski definition) is 7. The Morgan fingerprint density at radius 3 is 2.81 bits per heavy atom. The van der Waals surface area contributed by atoms with E-state index in [0.717, 1.165) is 36.3 Å². The molecule has 31 heavy (non-hydrogen) atoms. The van der Waals surface area contributed by atoms with E-state index in [4.69, 9.17) is 10.2 Å².